The van der Waals surface area contributed by atoms with Crippen LogP contribution in [0.3, 0.4) is 0 Å². The van der Waals surface area contributed by atoms with Crippen LogP contribution in [0.1, 0.15) is 25.3 Å². The predicted molar refractivity (Wildman–Crippen MR) is 69.3 cm³/mol. The first-order valence-electron chi connectivity index (χ1n) is 5.82. The summed E-state index contributed by atoms with van der Waals surface area (Å²) in [6.45, 7) is 2.19. The van der Waals surface area contributed by atoms with Gasteiger partial charge in [-0.1, -0.05) is 12.1 Å². The molecule has 0 atom stereocenters. The Morgan fingerprint density at radius 3 is 2.76 bits per heavy atom. The highest BCUT2D eigenvalue weighted by molar-refractivity contribution is 5.91. The van der Waals surface area contributed by atoms with Gasteiger partial charge in [-0.05, 0) is 37.4 Å². The number of unbranched alkanes of at least 4 members (excludes halogenated alkanes) is 1. The molecule has 3 N–H and O–H groups in total. The van der Waals surface area contributed by atoms with E-state index in [1.165, 1.54) is 6.92 Å². The van der Waals surface area contributed by atoms with Crippen LogP contribution in [0.15, 0.2) is 18.2 Å². The van der Waals surface area contributed by atoms with Gasteiger partial charge in [0.1, 0.15) is 5.75 Å². The number of nitrogens with one attached hydrogen (secondary N) is 1. The summed E-state index contributed by atoms with van der Waals surface area (Å²) in [6.07, 6.45) is 2.89. The zero-order valence-corrected chi connectivity index (χ0v) is 10.5. The number of rotatable bonds is 6. The van der Waals surface area contributed by atoms with Gasteiger partial charge in [0.25, 0.3) is 0 Å². The summed E-state index contributed by atoms with van der Waals surface area (Å²) in [7, 11) is 1.60. The Balaban J connectivity index is 2.89. The first-order valence-corrected chi connectivity index (χ1v) is 5.82. The van der Waals surface area contributed by atoms with Gasteiger partial charge >= 0.3 is 0 Å². The van der Waals surface area contributed by atoms with Crippen molar-refractivity contribution in [3.63, 3.8) is 0 Å². The molecule has 1 aromatic carbocycles. The lowest BCUT2D eigenvalue weighted by Crippen LogP contribution is -2.10. The average Bonchev–Trinajstić information content (AvgIpc) is 2.30. The summed E-state index contributed by atoms with van der Waals surface area (Å²) in [6, 6.07) is 5.78. The monoisotopic (exact) mass is 236 g/mol. The molecule has 0 aromatic heterocycles. The second kappa shape index (κ2) is 6.91. The number of nitrogens with two attached hydrogens (primary N) is 1. The fraction of sp³-hybridized carbons (Fsp3) is 0.462. The van der Waals surface area contributed by atoms with Gasteiger partial charge in [0.15, 0.2) is 0 Å². The van der Waals surface area contributed by atoms with Crippen molar-refractivity contribution in [1.29, 1.82) is 0 Å². The SMILES string of the molecule is COc1cccc(CCCCN)c1NC(C)=O. The van der Waals surface area contributed by atoms with E-state index >= 15 is 0 Å². The summed E-state index contributed by atoms with van der Waals surface area (Å²) in [5.74, 6) is 0.611. The van der Waals surface area contributed by atoms with E-state index in [-0.39, 0.29) is 5.91 Å². The third-order valence-corrected chi connectivity index (χ3v) is 2.53. The zero-order chi connectivity index (χ0) is 12.7. The Morgan fingerprint density at radius 1 is 1.41 bits per heavy atom. The number of hydrogen-bond acceptors (Lipinski definition) is 3. The van der Waals surface area contributed by atoms with Crippen LogP contribution in [0.2, 0.25) is 0 Å². The third-order valence-electron chi connectivity index (χ3n) is 2.53. The molecule has 0 bridgehead atoms. The van der Waals surface area contributed by atoms with E-state index < -0.39 is 0 Å². The lowest BCUT2D eigenvalue weighted by molar-refractivity contribution is -0.114. The number of carbonyl (C=O) groups is 1. The Labute approximate surface area is 102 Å². The maximum Gasteiger partial charge on any atom is 0.221 e. The van der Waals surface area contributed by atoms with Crippen LogP contribution in [0.25, 0.3) is 0 Å². The van der Waals surface area contributed by atoms with E-state index in [2.05, 4.69) is 5.32 Å². The highest BCUT2D eigenvalue weighted by Crippen LogP contribution is 2.29. The van der Waals surface area contributed by atoms with Gasteiger partial charge in [0.2, 0.25) is 5.91 Å². The van der Waals surface area contributed by atoms with E-state index in [9.17, 15) is 4.79 Å². The number of ether oxygens (including phenoxy) is 1. The molecule has 0 spiro atoms. The first-order chi connectivity index (χ1) is 8.19. The Bertz CT molecular complexity index is 378. The number of aryl methyl sites for hydroxylation is 1. The number of benzene rings is 1. The topological polar surface area (TPSA) is 64.3 Å². The van der Waals surface area contributed by atoms with Gasteiger partial charge in [-0.3, -0.25) is 4.79 Å². The molecule has 4 heteroatoms. The van der Waals surface area contributed by atoms with Crippen LogP contribution in [0.4, 0.5) is 5.69 Å². The molecule has 0 radical (unpaired) electrons. The van der Waals surface area contributed by atoms with Crippen LogP contribution in [0, 0.1) is 0 Å². The molecule has 0 saturated heterocycles. The van der Waals surface area contributed by atoms with Crippen molar-refractivity contribution in [2.24, 2.45) is 5.73 Å². The van der Waals surface area contributed by atoms with Crippen molar-refractivity contribution in [3.05, 3.63) is 23.8 Å². The molecule has 0 aliphatic carbocycles. The molecule has 0 aliphatic heterocycles. The second-order valence-electron chi connectivity index (χ2n) is 3.92. The molecule has 4 nitrogen and oxygen atoms in total. The second-order valence-corrected chi connectivity index (χ2v) is 3.92. The normalized spacial score (nSPS) is 10.1. The van der Waals surface area contributed by atoms with Crippen LogP contribution in [-0.4, -0.2) is 19.6 Å². The smallest absolute Gasteiger partial charge is 0.221 e. The van der Waals surface area contributed by atoms with Crippen LogP contribution in [-0.2, 0) is 11.2 Å². The number of anilines is 1. The molecule has 1 amide bonds. The van der Waals surface area contributed by atoms with Crippen LogP contribution in [0.5, 0.6) is 5.75 Å². The van der Waals surface area contributed by atoms with Crippen molar-refractivity contribution in [2.45, 2.75) is 26.2 Å². The number of para-hydroxylation sites is 1. The van der Waals surface area contributed by atoms with Crippen molar-refractivity contribution in [3.8, 4) is 5.75 Å². The largest absolute Gasteiger partial charge is 0.495 e. The van der Waals surface area contributed by atoms with E-state index in [1.807, 2.05) is 18.2 Å². The number of hydrogen-bond donors (Lipinski definition) is 2. The van der Waals surface area contributed by atoms with Gasteiger partial charge in [0, 0.05) is 6.92 Å². The standard InChI is InChI=1S/C13H20N2O2/c1-10(16)15-13-11(6-3-4-9-14)7-5-8-12(13)17-2/h5,7-8H,3-4,6,9,14H2,1-2H3,(H,15,16). The van der Waals surface area contributed by atoms with Crippen molar-refractivity contribution >= 4 is 11.6 Å². The number of methoxy groups -OCH3 is 1. The predicted octanol–water partition coefficient (Wildman–Crippen LogP) is 1.93. The van der Waals surface area contributed by atoms with Gasteiger partial charge < -0.3 is 15.8 Å². The third kappa shape index (κ3) is 4.07. The lowest BCUT2D eigenvalue weighted by Gasteiger charge is -2.13. The fourth-order valence-corrected chi connectivity index (χ4v) is 1.73. The van der Waals surface area contributed by atoms with E-state index in [0.29, 0.717) is 12.3 Å². The molecule has 94 valence electrons. The Morgan fingerprint density at radius 2 is 2.18 bits per heavy atom. The summed E-state index contributed by atoms with van der Waals surface area (Å²) in [4.78, 5) is 11.2. The first kappa shape index (κ1) is 13.5. The molecule has 0 aliphatic rings. The summed E-state index contributed by atoms with van der Waals surface area (Å²) in [5, 5.41) is 2.82. The number of carbonyl (C=O) groups excluding carboxylic acids is 1. The molecule has 0 saturated carbocycles. The highest BCUT2D eigenvalue weighted by Gasteiger charge is 2.09. The van der Waals surface area contributed by atoms with Gasteiger partial charge in [-0.25, -0.2) is 0 Å². The van der Waals surface area contributed by atoms with E-state index in [1.54, 1.807) is 7.11 Å². The zero-order valence-electron chi connectivity index (χ0n) is 10.5. The molecule has 0 fully saturated rings. The van der Waals surface area contributed by atoms with E-state index in [0.717, 1.165) is 30.5 Å². The molecule has 17 heavy (non-hydrogen) atoms. The molecule has 1 aromatic rings. The molecular formula is C13H20N2O2. The summed E-state index contributed by atoms with van der Waals surface area (Å²) < 4.78 is 5.25. The number of amides is 1. The van der Waals surface area contributed by atoms with Crippen LogP contribution >= 0.6 is 0 Å². The summed E-state index contributed by atoms with van der Waals surface area (Å²) >= 11 is 0. The highest BCUT2D eigenvalue weighted by atomic mass is 16.5. The van der Waals surface area contributed by atoms with E-state index in [4.69, 9.17) is 10.5 Å². The minimum atomic E-state index is -0.0884. The van der Waals surface area contributed by atoms with Crippen molar-refractivity contribution in [2.75, 3.05) is 19.0 Å². The molecule has 0 heterocycles. The van der Waals surface area contributed by atoms with Gasteiger partial charge in [-0.2, -0.15) is 0 Å². The minimum absolute atomic E-state index is 0.0884. The molecule has 0 unspecified atom stereocenters. The molecule has 1 rings (SSSR count). The quantitative estimate of drug-likeness (QED) is 0.742. The average molecular weight is 236 g/mol. The van der Waals surface area contributed by atoms with Crippen molar-refractivity contribution < 1.29 is 9.53 Å². The van der Waals surface area contributed by atoms with Gasteiger partial charge in [0.05, 0.1) is 12.8 Å². The fourth-order valence-electron chi connectivity index (χ4n) is 1.73. The minimum Gasteiger partial charge on any atom is -0.495 e. The van der Waals surface area contributed by atoms with Gasteiger partial charge in [-0.15, -0.1) is 0 Å². The Hall–Kier alpha value is -1.55. The van der Waals surface area contributed by atoms with Crippen LogP contribution < -0.4 is 15.8 Å². The molecular weight excluding hydrogens is 216 g/mol. The lowest BCUT2D eigenvalue weighted by atomic mass is 10.1. The Kier molecular flexibility index (Phi) is 5.49. The maximum atomic E-state index is 11.2. The van der Waals surface area contributed by atoms with Crippen molar-refractivity contribution in [1.82, 2.24) is 0 Å². The maximum absolute atomic E-state index is 11.2. The summed E-state index contributed by atoms with van der Waals surface area (Å²) in [5.41, 5.74) is 7.34.